The molecule has 0 bridgehead atoms. The Morgan fingerprint density at radius 1 is 0.154 bits per heavy atom. The van der Waals surface area contributed by atoms with Gasteiger partial charge in [0.25, 0.3) is 0 Å². The van der Waals surface area contributed by atoms with Crippen molar-refractivity contribution in [2.24, 2.45) is 0 Å². The minimum Gasteiger partial charge on any atom is -1.00 e. The van der Waals surface area contributed by atoms with Crippen molar-refractivity contribution < 1.29 is 12.4 Å². The van der Waals surface area contributed by atoms with E-state index in [-0.39, 0.29) is 159 Å². The van der Waals surface area contributed by atoms with Crippen LogP contribution in [0.3, 0.4) is 0 Å². The number of rotatable bonds is 10. The van der Waals surface area contributed by atoms with Gasteiger partial charge in [0.15, 0.2) is 0 Å². The van der Waals surface area contributed by atoms with Crippen LogP contribution in [0.2, 0.25) is 196 Å². The molecular weight excluding hydrogens is 1470 g/mol. The van der Waals surface area contributed by atoms with Gasteiger partial charge in [-0.3, -0.25) is 0 Å². The number of hydrogen-bond donors (Lipinski definition) is 0. The van der Waals surface area contributed by atoms with Gasteiger partial charge >= 0.3 is 0 Å². The van der Waals surface area contributed by atoms with E-state index < -0.39 is 80.7 Å². The summed E-state index contributed by atoms with van der Waals surface area (Å²) in [5, 5.41) is 0. The summed E-state index contributed by atoms with van der Waals surface area (Å²) in [6.07, 6.45) is 0. The van der Waals surface area contributed by atoms with E-state index in [0.29, 0.717) is 0 Å². The van der Waals surface area contributed by atoms with Crippen LogP contribution in [0.1, 0.15) is 0 Å². The summed E-state index contributed by atoms with van der Waals surface area (Å²) < 4.78 is 0. The van der Waals surface area contributed by atoms with Gasteiger partial charge in [-0.05, 0) is 0 Å². The van der Waals surface area contributed by atoms with Crippen molar-refractivity contribution >= 4 is 227 Å². The standard InChI is InChI=1S/5C7H19Si2.ClH.6Sb/c5*1-8(2,3)7-9(4,5)6;;;;;;;/h5*7H,1-6H3;1H;;;;;;/p-1. The summed E-state index contributed by atoms with van der Waals surface area (Å²) in [5.74, 6) is 0. The summed E-state index contributed by atoms with van der Waals surface area (Å²) in [7, 11) is -8.56. The normalized spacial score (nSPS) is 12.1. The first-order chi connectivity index (χ1) is 18.5. The van der Waals surface area contributed by atoms with Gasteiger partial charge in [-0.25, -0.2) is 0 Å². The number of halogens is 1. The SMILES string of the molecule is C[Si](C)(C)[CH][Si](C)(C)C.C[Si](C)(C)[CH][Si](C)(C)C.C[Si](C)(C)[CH][Si](C)(C)C.C[Si](C)(C)[CH][Si](C)(C)C.C[Si](C)(C)[CH][Si](C)(C)C.[Cl-].[Sb].[Sb].[Sb].[Sb].[Sb].[Sb]. The van der Waals surface area contributed by atoms with E-state index in [4.69, 9.17) is 0 Å². The van der Waals surface area contributed by atoms with E-state index in [2.05, 4.69) is 225 Å². The maximum Gasteiger partial charge on any atom is 0.0444 e. The third-order valence-electron chi connectivity index (χ3n) is 4.33. The first-order valence-corrected chi connectivity index (χ1v) is 53.7. The Balaban J connectivity index is -0.0000000372. The molecule has 0 rings (SSSR count). The molecule has 0 aromatic carbocycles. The zero-order valence-corrected chi connectivity index (χ0v) is 67.0. The van der Waals surface area contributed by atoms with Gasteiger partial charge in [0, 0.05) is 227 Å². The van der Waals surface area contributed by atoms with Crippen LogP contribution in [0.25, 0.3) is 0 Å². The molecule has 0 aromatic heterocycles. The van der Waals surface area contributed by atoms with Crippen molar-refractivity contribution in [3.05, 3.63) is 28.3 Å². The largest absolute Gasteiger partial charge is 1.00 e. The molecule has 0 aromatic rings. The average Bonchev–Trinajstić information content (AvgIpc) is 2.36. The van der Waals surface area contributed by atoms with E-state index in [1.807, 2.05) is 0 Å². The van der Waals surface area contributed by atoms with Crippen LogP contribution in [0.5, 0.6) is 0 Å². The zero-order chi connectivity index (χ0) is 38.5. The quantitative estimate of drug-likeness (QED) is 0.192. The monoisotopic (exact) mass is 1560 g/mol. The fraction of sp³-hybridized carbons (Fsp3) is 0.857. The summed E-state index contributed by atoms with van der Waals surface area (Å²) in [6, 6.07) is 0. The van der Waals surface area contributed by atoms with Gasteiger partial charge < -0.3 is 12.4 Å². The Morgan fingerprint density at radius 2 is 0.192 bits per heavy atom. The molecule has 0 amide bonds. The predicted molar refractivity (Wildman–Crippen MR) is 289 cm³/mol. The van der Waals surface area contributed by atoms with E-state index in [1.54, 1.807) is 0 Å². The minimum atomic E-state index is -0.856. The first-order valence-electron chi connectivity index (χ1n) is 17.9. The summed E-state index contributed by atoms with van der Waals surface area (Å²) in [6.45, 7) is 72.2. The second-order valence-corrected chi connectivity index (χ2v) is 77.5. The molecule has 0 nitrogen and oxygen atoms in total. The van der Waals surface area contributed by atoms with E-state index in [0.717, 1.165) is 0 Å². The van der Waals surface area contributed by atoms with Gasteiger partial charge in [-0.1, -0.05) is 225 Å². The third kappa shape index (κ3) is 131. The van der Waals surface area contributed by atoms with Crippen molar-refractivity contribution in [3.8, 4) is 0 Å². The Labute approximate surface area is 457 Å². The van der Waals surface area contributed by atoms with Gasteiger partial charge in [-0.2, -0.15) is 0 Å². The topological polar surface area (TPSA) is 0 Å². The molecule has 17 heteroatoms. The zero-order valence-electron chi connectivity index (χ0n) is 40.9. The molecule has 0 saturated carbocycles. The Morgan fingerprint density at radius 3 is 0.192 bits per heavy atom. The maximum atomic E-state index is 2.65. The van der Waals surface area contributed by atoms with Crippen LogP contribution in [0.15, 0.2) is 0 Å². The smallest absolute Gasteiger partial charge is 0.0444 e. The molecule has 313 valence electrons. The molecule has 0 N–H and O–H groups in total. The molecule has 0 spiro atoms. The van der Waals surface area contributed by atoms with Crippen molar-refractivity contribution in [2.45, 2.75) is 196 Å². The van der Waals surface area contributed by atoms with E-state index in [9.17, 15) is 0 Å². The predicted octanol–water partition coefficient (Wildman–Crippen LogP) is 9.45. The molecule has 0 aliphatic rings. The van der Waals surface area contributed by atoms with Crippen molar-refractivity contribution in [1.29, 1.82) is 0 Å². The molecule has 0 unspecified atom stereocenters. The summed E-state index contributed by atoms with van der Waals surface area (Å²) >= 11 is 0. The van der Waals surface area contributed by atoms with Crippen molar-refractivity contribution in [2.75, 3.05) is 0 Å². The van der Waals surface area contributed by atoms with Crippen molar-refractivity contribution in [3.63, 3.8) is 0 Å². The third-order valence-corrected chi connectivity index (χ3v) is 39.0. The van der Waals surface area contributed by atoms with Crippen molar-refractivity contribution in [1.82, 2.24) is 0 Å². The molecule has 0 aliphatic heterocycles. The van der Waals surface area contributed by atoms with Gasteiger partial charge in [0.2, 0.25) is 0 Å². The molecule has 0 atom stereocenters. The number of hydrogen-bond acceptors (Lipinski definition) is 0. The van der Waals surface area contributed by atoms with E-state index >= 15 is 0 Å². The van der Waals surface area contributed by atoms with Crippen LogP contribution < -0.4 is 12.4 Å². The van der Waals surface area contributed by atoms with Gasteiger partial charge in [0.1, 0.15) is 0 Å². The first kappa shape index (κ1) is 90.1. The van der Waals surface area contributed by atoms with Crippen LogP contribution in [-0.4, -0.2) is 227 Å². The Bertz CT molecular complexity index is 545. The average molecular weight is 1560 g/mol. The molecule has 0 fully saturated rings. The Hall–Kier alpha value is 7.37. The fourth-order valence-electron chi connectivity index (χ4n) is 6.50. The van der Waals surface area contributed by atoms with Crippen LogP contribution in [0, 0.1) is 28.3 Å². The second-order valence-electron chi connectivity index (χ2n) is 24.4. The Kier molecular flexibility index (Phi) is 63.6. The second kappa shape index (κ2) is 36.7. The summed E-state index contributed by atoms with van der Waals surface area (Å²) in [5.41, 5.74) is 13.3. The van der Waals surface area contributed by atoms with Crippen LogP contribution >= 0.6 is 0 Å². The fourth-order valence-corrected chi connectivity index (χ4v) is 58.5. The van der Waals surface area contributed by atoms with Crippen LogP contribution in [0.4, 0.5) is 0 Å². The maximum absolute atomic E-state index is 2.65. The van der Waals surface area contributed by atoms with Gasteiger partial charge in [-0.15, -0.1) is 0 Å². The molecule has 0 heterocycles. The summed E-state index contributed by atoms with van der Waals surface area (Å²) in [4.78, 5) is 0. The molecule has 0 aliphatic carbocycles. The van der Waals surface area contributed by atoms with Crippen LogP contribution in [-0.2, 0) is 0 Å². The minimum absolute atomic E-state index is 0. The molecule has 23 radical (unpaired) electrons. The molecular formula is C35H95ClSb6Si10-. The van der Waals surface area contributed by atoms with E-state index in [1.165, 1.54) is 0 Å². The molecule has 52 heavy (non-hydrogen) atoms. The van der Waals surface area contributed by atoms with Gasteiger partial charge in [0.05, 0.1) is 0 Å². The molecule has 0 saturated heterocycles.